The Morgan fingerprint density at radius 3 is 2.58 bits per heavy atom. The van der Waals surface area contributed by atoms with Crippen LogP contribution in [-0.2, 0) is 4.79 Å². The zero-order chi connectivity index (χ0) is 17.4. The van der Waals surface area contributed by atoms with Crippen LogP contribution < -0.4 is 10.1 Å². The molecule has 7 nitrogen and oxygen atoms in total. The van der Waals surface area contributed by atoms with Crippen molar-refractivity contribution in [3.63, 3.8) is 0 Å². The Balaban J connectivity index is 1.77. The van der Waals surface area contributed by atoms with E-state index >= 15 is 0 Å². The number of hydrogen-bond donors (Lipinski definition) is 1. The minimum atomic E-state index is -0.0304. The second kappa shape index (κ2) is 9.22. The van der Waals surface area contributed by atoms with Crippen LogP contribution in [-0.4, -0.2) is 73.0 Å². The fourth-order valence-electron chi connectivity index (χ4n) is 2.58. The summed E-state index contributed by atoms with van der Waals surface area (Å²) in [5.41, 5.74) is 0.557. The summed E-state index contributed by atoms with van der Waals surface area (Å²) in [7, 11) is 1.54. The first-order valence-corrected chi connectivity index (χ1v) is 8.42. The van der Waals surface area contributed by atoms with Crippen LogP contribution in [0.4, 0.5) is 0 Å². The zero-order valence-corrected chi connectivity index (χ0v) is 14.5. The van der Waals surface area contributed by atoms with Gasteiger partial charge in [0.1, 0.15) is 0 Å². The maximum absolute atomic E-state index is 12.4. The number of rotatable bonds is 7. The first-order valence-electron chi connectivity index (χ1n) is 8.42. The van der Waals surface area contributed by atoms with Gasteiger partial charge >= 0.3 is 0 Å². The summed E-state index contributed by atoms with van der Waals surface area (Å²) in [6.07, 6.45) is 3.61. The minimum absolute atomic E-state index is 0.0304. The van der Waals surface area contributed by atoms with Gasteiger partial charge in [0.05, 0.1) is 19.2 Å². The summed E-state index contributed by atoms with van der Waals surface area (Å²) in [6, 6.07) is 3.41. The van der Waals surface area contributed by atoms with E-state index in [9.17, 15) is 9.59 Å². The highest BCUT2D eigenvalue weighted by Gasteiger charge is 2.23. The Morgan fingerprint density at radius 1 is 1.25 bits per heavy atom. The highest BCUT2D eigenvalue weighted by Crippen LogP contribution is 2.11. The lowest BCUT2D eigenvalue weighted by Crippen LogP contribution is -2.51. The first-order chi connectivity index (χ1) is 11.6. The van der Waals surface area contributed by atoms with Crippen molar-refractivity contribution in [1.82, 2.24) is 20.1 Å². The van der Waals surface area contributed by atoms with Gasteiger partial charge in [-0.15, -0.1) is 0 Å². The van der Waals surface area contributed by atoms with Crippen molar-refractivity contribution in [2.45, 2.75) is 19.8 Å². The third-order valence-corrected chi connectivity index (χ3v) is 4.07. The highest BCUT2D eigenvalue weighted by molar-refractivity contribution is 5.94. The Kier molecular flexibility index (Phi) is 6.99. The molecule has 1 fully saturated rings. The van der Waals surface area contributed by atoms with Gasteiger partial charge in [0.15, 0.2) is 0 Å². The number of amides is 2. The molecule has 24 heavy (non-hydrogen) atoms. The van der Waals surface area contributed by atoms with Gasteiger partial charge in [0.25, 0.3) is 5.91 Å². The van der Waals surface area contributed by atoms with E-state index in [0.717, 1.165) is 19.4 Å². The molecule has 0 bridgehead atoms. The number of nitrogens with zero attached hydrogens (tertiary/aromatic N) is 3. The summed E-state index contributed by atoms with van der Waals surface area (Å²) >= 11 is 0. The quantitative estimate of drug-likeness (QED) is 0.745. The minimum Gasteiger partial charge on any atom is -0.481 e. The van der Waals surface area contributed by atoms with E-state index in [1.807, 2.05) is 0 Å². The van der Waals surface area contributed by atoms with Crippen LogP contribution in [0.2, 0.25) is 0 Å². The lowest BCUT2D eigenvalue weighted by Gasteiger charge is -2.34. The average molecular weight is 334 g/mol. The van der Waals surface area contributed by atoms with Gasteiger partial charge < -0.3 is 15.0 Å². The molecule has 0 spiro atoms. The van der Waals surface area contributed by atoms with Crippen LogP contribution in [0.5, 0.6) is 5.88 Å². The summed E-state index contributed by atoms with van der Waals surface area (Å²) < 4.78 is 5.00. The van der Waals surface area contributed by atoms with Crippen molar-refractivity contribution in [1.29, 1.82) is 0 Å². The molecule has 1 N–H and O–H groups in total. The van der Waals surface area contributed by atoms with Crippen LogP contribution in [0.3, 0.4) is 0 Å². The van der Waals surface area contributed by atoms with Crippen LogP contribution in [0.1, 0.15) is 30.1 Å². The van der Waals surface area contributed by atoms with Crippen molar-refractivity contribution >= 4 is 11.8 Å². The molecule has 0 aliphatic carbocycles. The van der Waals surface area contributed by atoms with E-state index in [0.29, 0.717) is 44.2 Å². The third kappa shape index (κ3) is 5.19. The van der Waals surface area contributed by atoms with Crippen LogP contribution in [0.15, 0.2) is 18.3 Å². The predicted octanol–water partition coefficient (Wildman–Crippen LogP) is 0.764. The van der Waals surface area contributed by atoms with Gasteiger partial charge in [-0.3, -0.25) is 14.5 Å². The van der Waals surface area contributed by atoms with Crippen LogP contribution >= 0.6 is 0 Å². The molecule has 7 heteroatoms. The maximum Gasteiger partial charge on any atom is 0.255 e. The number of ether oxygens (including phenoxy) is 1. The van der Waals surface area contributed by atoms with Crippen molar-refractivity contribution in [3.8, 4) is 5.88 Å². The smallest absolute Gasteiger partial charge is 0.255 e. The second-order valence-electron chi connectivity index (χ2n) is 5.86. The molecule has 0 aromatic carbocycles. The Hall–Kier alpha value is -2.15. The molecule has 0 saturated carbocycles. The molecule has 132 valence electrons. The fourth-order valence-corrected chi connectivity index (χ4v) is 2.58. The summed E-state index contributed by atoms with van der Waals surface area (Å²) in [5, 5.41) is 2.92. The van der Waals surface area contributed by atoms with Crippen molar-refractivity contribution < 1.29 is 14.3 Å². The molecule has 0 unspecified atom stereocenters. The van der Waals surface area contributed by atoms with Crippen LogP contribution in [0, 0.1) is 0 Å². The van der Waals surface area contributed by atoms with E-state index in [1.165, 1.54) is 6.20 Å². The number of hydrogen-bond acceptors (Lipinski definition) is 5. The lowest BCUT2D eigenvalue weighted by atomic mass is 10.2. The number of pyridine rings is 1. The van der Waals surface area contributed by atoms with Gasteiger partial charge in [-0.2, -0.15) is 0 Å². The molecule has 2 heterocycles. The molecule has 2 rings (SSSR count). The molecular formula is C17H26N4O3. The number of aromatic nitrogens is 1. The van der Waals surface area contributed by atoms with Gasteiger partial charge in [0, 0.05) is 45.0 Å². The second-order valence-corrected chi connectivity index (χ2v) is 5.86. The van der Waals surface area contributed by atoms with Gasteiger partial charge in [-0.1, -0.05) is 13.3 Å². The molecular weight excluding hydrogens is 308 g/mol. The Bertz CT molecular complexity index is 539. The number of carbonyl (C=O) groups is 2. The summed E-state index contributed by atoms with van der Waals surface area (Å²) in [5.74, 6) is 0.519. The van der Waals surface area contributed by atoms with Gasteiger partial charge in [-0.25, -0.2) is 4.98 Å². The molecule has 1 aliphatic rings. The van der Waals surface area contributed by atoms with Crippen molar-refractivity contribution in [2.75, 3.05) is 46.4 Å². The standard InChI is InChI=1S/C17H26N4O3/c1-3-4-7-18-15(22)13-20-8-10-21(11-9-20)17(23)14-5-6-16(24-2)19-12-14/h5-6,12H,3-4,7-11,13H2,1-2H3,(H,18,22). The molecule has 0 atom stereocenters. The number of methoxy groups -OCH3 is 1. The van der Waals surface area contributed by atoms with Crippen LogP contribution in [0.25, 0.3) is 0 Å². The summed E-state index contributed by atoms with van der Waals surface area (Å²) in [6.45, 7) is 5.88. The number of nitrogens with one attached hydrogen (secondary N) is 1. The SMILES string of the molecule is CCCCNC(=O)CN1CCN(C(=O)c2ccc(OC)nc2)CC1. The van der Waals surface area contributed by atoms with E-state index in [-0.39, 0.29) is 11.8 Å². The number of unbranched alkanes of at least 4 members (excludes halogenated alkanes) is 1. The molecule has 1 aromatic rings. The summed E-state index contributed by atoms with van der Waals surface area (Å²) in [4.78, 5) is 32.2. The van der Waals surface area contributed by atoms with Crippen molar-refractivity contribution in [2.24, 2.45) is 0 Å². The monoisotopic (exact) mass is 334 g/mol. The zero-order valence-electron chi connectivity index (χ0n) is 14.5. The number of carbonyl (C=O) groups excluding carboxylic acids is 2. The predicted molar refractivity (Wildman–Crippen MR) is 91.1 cm³/mol. The van der Waals surface area contributed by atoms with E-state index in [4.69, 9.17) is 4.74 Å². The Labute approximate surface area is 143 Å². The largest absolute Gasteiger partial charge is 0.481 e. The molecule has 0 radical (unpaired) electrons. The van der Waals surface area contributed by atoms with Gasteiger partial charge in [0.2, 0.25) is 11.8 Å². The molecule has 2 amide bonds. The lowest BCUT2D eigenvalue weighted by molar-refractivity contribution is -0.122. The van der Waals surface area contributed by atoms with E-state index in [1.54, 1.807) is 24.1 Å². The number of piperazine rings is 1. The molecule has 1 saturated heterocycles. The maximum atomic E-state index is 12.4. The third-order valence-electron chi connectivity index (χ3n) is 4.07. The van der Waals surface area contributed by atoms with E-state index in [2.05, 4.69) is 22.1 Å². The highest BCUT2D eigenvalue weighted by atomic mass is 16.5. The van der Waals surface area contributed by atoms with E-state index < -0.39 is 0 Å². The average Bonchev–Trinajstić information content (AvgIpc) is 2.62. The topological polar surface area (TPSA) is 74.8 Å². The van der Waals surface area contributed by atoms with Crippen molar-refractivity contribution in [3.05, 3.63) is 23.9 Å². The Morgan fingerprint density at radius 2 is 2.00 bits per heavy atom. The molecule has 1 aliphatic heterocycles. The fraction of sp³-hybridized carbons (Fsp3) is 0.588. The molecule has 1 aromatic heterocycles. The first kappa shape index (κ1) is 18.2. The normalized spacial score (nSPS) is 15.2. The van der Waals surface area contributed by atoms with Gasteiger partial charge in [-0.05, 0) is 12.5 Å².